The van der Waals surface area contributed by atoms with Crippen LogP contribution in [0.15, 0.2) is 24.3 Å². The van der Waals surface area contributed by atoms with E-state index in [0.29, 0.717) is 12.8 Å². The van der Waals surface area contributed by atoms with E-state index >= 15 is 0 Å². The molecule has 0 atom stereocenters. The molecular weight excluding hydrogens is 282 g/mol. The van der Waals surface area contributed by atoms with Gasteiger partial charge >= 0.3 is 0 Å². The number of hydroxylamine groups is 1. The van der Waals surface area contributed by atoms with Crippen LogP contribution >= 0.6 is 0 Å². The highest BCUT2D eigenvalue weighted by Gasteiger charge is 2.04. The Labute approximate surface area is 131 Å². The maximum absolute atomic E-state index is 11.9. The molecule has 0 saturated heterocycles. The van der Waals surface area contributed by atoms with Crippen LogP contribution in [0.3, 0.4) is 0 Å². The molecule has 0 aliphatic carbocycles. The molecule has 0 bridgehead atoms. The predicted octanol–water partition coefficient (Wildman–Crippen LogP) is 2.54. The van der Waals surface area contributed by atoms with Gasteiger partial charge in [-0.3, -0.25) is 14.8 Å². The lowest BCUT2D eigenvalue weighted by Crippen LogP contribution is -2.17. The molecule has 122 valence electrons. The molecule has 1 aromatic carbocycles. The Hall–Kier alpha value is -2.08. The molecule has 0 aromatic heterocycles. The van der Waals surface area contributed by atoms with E-state index in [9.17, 15) is 9.59 Å². The number of hydrogen-bond donors (Lipinski definition) is 3. The van der Waals surface area contributed by atoms with Crippen LogP contribution in [0.25, 0.3) is 0 Å². The Bertz CT molecular complexity index is 489. The molecule has 0 aliphatic rings. The van der Waals surface area contributed by atoms with Crippen LogP contribution in [0.2, 0.25) is 0 Å². The van der Waals surface area contributed by atoms with E-state index in [4.69, 9.17) is 5.21 Å². The Morgan fingerprint density at radius 1 is 1.05 bits per heavy atom. The van der Waals surface area contributed by atoms with Crippen molar-refractivity contribution in [3.8, 4) is 0 Å². The Balaban J connectivity index is 2.21. The first kappa shape index (κ1) is 18.0. The van der Waals surface area contributed by atoms with Gasteiger partial charge in [-0.25, -0.2) is 5.48 Å². The number of unbranched alkanes of at least 4 members (excludes halogenated alkanes) is 3. The first-order chi connectivity index (χ1) is 10.5. The highest BCUT2D eigenvalue weighted by molar-refractivity contribution is 5.91. The molecule has 0 saturated carbocycles. The van der Waals surface area contributed by atoms with Gasteiger partial charge in [0.05, 0.1) is 0 Å². The molecule has 22 heavy (non-hydrogen) atoms. The van der Waals surface area contributed by atoms with Gasteiger partial charge in [-0.15, -0.1) is 0 Å². The summed E-state index contributed by atoms with van der Waals surface area (Å²) in [5.41, 5.74) is 3.45. The van der Waals surface area contributed by atoms with Gasteiger partial charge in [-0.05, 0) is 31.0 Å². The molecule has 0 unspecified atom stereocenters. The van der Waals surface area contributed by atoms with Crippen LogP contribution in [-0.4, -0.2) is 31.1 Å². The highest BCUT2D eigenvalue weighted by Crippen LogP contribution is 2.17. The maximum atomic E-state index is 11.9. The minimum absolute atomic E-state index is 0.00371. The number of benzene rings is 1. The largest absolute Gasteiger partial charge is 0.378 e. The molecule has 0 heterocycles. The van der Waals surface area contributed by atoms with Crippen LogP contribution in [0.5, 0.6) is 0 Å². The molecule has 6 heteroatoms. The third-order valence-electron chi connectivity index (χ3n) is 3.33. The van der Waals surface area contributed by atoms with Crippen LogP contribution in [-0.2, 0) is 9.59 Å². The van der Waals surface area contributed by atoms with Gasteiger partial charge in [-0.2, -0.15) is 0 Å². The van der Waals surface area contributed by atoms with Gasteiger partial charge in [-0.1, -0.05) is 18.9 Å². The molecule has 2 amide bonds. The van der Waals surface area contributed by atoms with Gasteiger partial charge in [0, 0.05) is 38.3 Å². The summed E-state index contributed by atoms with van der Waals surface area (Å²) < 4.78 is 0. The molecular formula is C16H25N3O3. The fraction of sp³-hybridized carbons (Fsp3) is 0.500. The maximum Gasteiger partial charge on any atom is 0.243 e. The Kier molecular flexibility index (Phi) is 7.99. The van der Waals surface area contributed by atoms with Crippen molar-refractivity contribution >= 4 is 23.2 Å². The summed E-state index contributed by atoms with van der Waals surface area (Å²) in [5.74, 6) is -0.359. The fourth-order valence-corrected chi connectivity index (χ4v) is 2.07. The third kappa shape index (κ3) is 7.08. The van der Waals surface area contributed by atoms with Crippen molar-refractivity contribution in [2.75, 3.05) is 24.3 Å². The number of anilines is 2. The summed E-state index contributed by atoms with van der Waals surface area (Å²) >= 11 is 0. The summed E-state index contributed by atoms with van der Waals surface area (Å²) in [5, 5.41) is 11.2. The summed E-state index contributed by atoms with van der Waals surface area (Å²) in [4.78, 5) is 24.6. The van der Waals surface area contributed by atoms with Crippen molar-refractivity contribution < 1.29 is 14.8 Å². The zero-order valence-corrected chi connectivity index (χ0v) is 13.3. The number of amides is 2. The van der Waals surface area contributed by atoms with Crippen LogP contribution < -0.4 is 15.7 Å². The third-order valence-corrected chi connectivity index (χ3v) is 3.33. The van der Waals surface area contributed by atoms with Crippen LogP contribution in [0.4, 0.5) is 11.4 Å². The number of nitrogens with zero attached hydrogens (tertiary/aromatic N) is 1. The summed E-state index contributed by atoms with van der Waals surface area (Å²) in [6.45, 7) is 0. The molecule has 3 N–H and O–H groups in total. The zero-order valence-electron chi connectivity index (χ0n) is 13.3. The fourth-order valence-electron chi connectivity index (χ4n) is 2.07. The van der Waals surface area contributed by atoms with Crippen molar-refractivity contribution in [1.29, 1.82) is 0 Å². The second-order valence-corrected chi connectivity index (χ2v) is 5.44. The standard InChI is InChI=1S/C16H25N3O3/c1-19(2)14-9-7-8-13(12-14)17-15(20)10-5-3-4-6-11-16(21)18-22/h7-9,12,22H,3-6,10-11H2,1-2H3,(H,17,20)(H,18,21). The summed E-state index contributed by atoms with van der Waals surface area (Å²) in [7, 11) is 3.91. The predicted molar refractivity (Wildman–Crippen MR) is 87.0 cm³/mol. The van der Waals surface area contributed by atoms with E-state index in [0.717, 1.165) is 37.1 Å². The number of hydrogen-bond acceptors (Lipinski definition) is 4. The number of nitrogens with one attached hydrogen (secondary N) is 2. The summed E-state index contributed by atoms with van der Waals surface area (Å²) in [6.07, 6.45) is 4.07. The Morgan fingerprint density at radius 3 is 2.27 bits per heavy atom. The lowest BCUT2D eigenvalue weighted by molar-refractivity contribution is -0.129. The molecule has 0 spiro atoms. The van der Waals surface area contributed by atoms with Crippen molar-refractivity contribution in [3.05, 3.63) is 24.3 Å². The zero-order chi connectivity index (χ0) is 16.4. The summed E-state index contributed by atoms with van der Waals surface area (Å²) in [6, 6.07) is 7.71. The van der Waals surface area contributed by atoms with Crippen molar-refractivity contribution in [3.63, 3.8) is 0 Å². The highest BCUT2D eigenvalue weighted by atomic mass is 16.5. The molecule has 6 nitrogen and oxygen atoms in total. The second-order valence-electron chi connectivity index (χ2n) is 5.44. The number of carbonyl (C=O) groups is 2. The van der Waals surface area contributed by atoms with E-state index in [1.807, 2.05) is 43.3 Å². The molecule has 0 aliphatic heterocycles. The number of rotatable bonds is 9. The first-order valence-electron chi connectivity index (χ1n) is 7.53. The monoisotopic (exact) mass is 307 g/mol. The quantitative estimate of drug-likeness (QED) is 0.372. The first-order valence-corrected chi connectivity index (χ1v) is 7.53. The van der Waals surface area contributed by atoms with Gasteiger partial charge in [0.25, 0.3) is 0 Å². The van der Waals surface area contributed by atoms with E-state index < -0.39 is 0 Å². The molecule has 1 rings (SSSR count). The average molecular weight is 307 g/mol. The van der Waals surface area contributed by atoms with E-state index in [2.05, 4.69) is 5.32 Å². The van der Waals surface area contributed by atoms with Crippen molar-refractivity contribution in [2.24, 2.45) is 0 Å². The lowest BCUT2D eigenvalue weighted by Gasteiger charge is -2.14. The molecule has 1 aromatic rings. The normalized spacial score (nSPS) is 10.1. The number of carbonyl (C=O) groups excluding carboxylic acids is 2. The van der Waals surface area contributed by atoms with E-state index in [1.165, 1.54) is 0 Å². The van der Waals surface area contributed by atoms with Gasteiger partial charge in [0.2, 0.25) is 11.8 Å². The van der Waals surface area contributed by atoms with E-state index in [-0.39, 0.29) is 11.8 Å². The Morgan fingerprint density at radius 2 is 1.68 bits per heavy atom. The smallest absolute Gasteiger partial charge is 0.243 e. The van der Waals surface area contributed by atoms with Crippen molar-refractivity contribution in [1.82, 2.24) is 5.48 Å². The van der Waals surface area contributed by atoms with Gasteiger partial charge in [0.1, 0.15) is 0 Å². The lowest BCUT2D eigenvalue weighted by atomic mass is 10.1. The second kappa shape index (κ2) is 9.78. The van der Waals surface area contributed by atoms with Gasteiger partial charge < -0.3 is 10.2 Å². The minimum Gasteiger partial charge on any atom is -0.378 e. The average Bonchev–Trinajstić information content (AvgIpc) is 2.50. The van der Waals surface area contributed by atoms with Gasteiger partial charge in [0.15, 0.2) is 0 Å². The van der Waals surface area contributed by atoms with Crippen LogP contribution in [0, 0.1) is 0 Å². The molecule has 0 fully saturated rings. The molecule has 0 radical (unpaired) electrons. The topological polar surface area (TPSA) is 81.7 Å². The SMILES string of the molecule is CN(C)c1cccc(NC(=O)CCCCCCC(=O)NO)c1. The van der Waals surface area contributed by atoms with E-state index in [1.54, 1.807) is 5.48 Å². The van der Waals surface area contributed by atoms with Crippen LogP contribution in [0.1, 0.15) is 38.5 Å². The minimum atomic E-state index is -0.362. The van der Waals surface area contributed by atoms with Crippen molar-refractivity contribution in [2.45, 2.75) is 38.5 Å².